The van der Waals surface area contributed by atoms with Crippen molar-refractivity contribution in [2.75, 3.05) is 13.2 Å². The normalized spacial score (nSPS) is 49.7. The minimum absolute atomic E-state index is 0.0428. The van der Waals surface area contributed by atoms with Crippen LogP contribution >= 0.6 is 0 Å². The number of rotatable bonds is 0. The Labute approximate surface area is 54.8 Å². The summed E-state index contributed by atoms with van der Waals surface area (Å²) in [5.74, 6) is 0.924. The molecule has 1 aliphatic heterocycles. The molecule has 1 N–H and O–H groups in total. The zero-order valence-electron chi connectivity index (χ0n) is 5.42. The van der Waals surface area contributed by atoms with E-state index >= 15 is 0 Å². The van der Waals surface area contributed by atoms with Gasteiger partial charge in [-0.05, 0) is 12.8 Å². The van der Waals surface area contributed by atoms with Gasteiger partial charge in [0.2, 0.25) is 0 Å². The zero-order valence-corrected chi connectivity index (χ0v) is 5.42. The van der Waals surface area contributed by atoms with Gasteiger partial charge in [-0.3, -0.25) is 0 Å². The Kier molecular flexibility index (Phi) is 1.24. The van der Waals surface area contributed by atoms with E-state index in [9.17, 15) is 5.11 Å². The Morgan fingerprint density at radius 3 is 2.11 bits per heavy atom. The van der Waals surface area contributed by atoms with Gasteiger partial charge in [0.05, 0.1) is 19.3 Å². The van der Waals surface area contributed by atoms with E-state index in [2.05, 4.69) is 0 Å². The first-order valence-electron chi connectivity index (χ1n) is 3.64. The monoisotopic (exact) mass is 128 g/mol. The number of aliphatic hydroxyl groups excluding tert-OH is 1. The van der Waals surface area contributed by atoms with Gasteiger partial charge >= 0.3 is 0 Å². The molecular formula is C7H12O2. The molecule has 1 heterocycles. The summed E-state index contributed by atoms with van der Waals surface area (Å²) < 4.78 is 5.27. The van der Waals surface area contributed by atoms with Crippen molar-refractivity contribution in [2.24, 2.45) is 11.8 Å². The van der Waals surface area contributed by atoms with Gasteiger partial charge in [0.15, 0.2) is 0 Å². The molecule has 2 atom stereocenters. The van der Waals surface area contributed by atoms with Gasteiger partial charge in [0.25, 0.3) is 0 Å². The molecule has 1 aliphatic carbocycles. The zero-order chi connectivity index (χ0) is 6.27. The summed E-state index contributed by atoms with van der Waals surface area (Å²) in [5, 5.41) is 9.43. The lowest BCUT2D eigenvalue weighted by atomic mass is 10.0. The lowest BCUT2D eigenvalue weighted by molar-refractivity contribution is -0.0453. The molecule has 2 nitrogen and oxygen atoms in total. The standard InChI is InChI=1S/C7H12O2/c8-7-5-1-2-6(7)4-9-3-5/h5-8H,1-4H2. The molecule has 1 saturated carbocycles. The fourth-order valence-electron chi connectivity index (χ4n) is 1.89. The van der Waals surface area contributed by atoms with Gasteiger partial charge < -0.3 is 9.84 Å². The van der Waals surface area contributed by atoms with Crippen molar-refractivity contribution >= 4 is 0 Å². The minimum Gasteiger partial charge on any atom is -0.392 e. The van der Waals surface area contributed by atoms with Crippen LogP contribution in [0.3, 0.4) is 0 Å². The predicted molar refractivity (Wildman–Crippen MR) is 33.0 cm³/mol. The van der Waals surface area contributed by atoms with E-state index in [1.807, 2.05) is 0 Å². The van der Waals surface area contributed by atoms with Crippen LogP contribution in [0.5, 0.6) is 0 Å². The Hall–Kier alpha value is -0.0800. The second kappa shape index (κ2) is 1.96. The molecule has 1 saturated heterocycles. The summed E-state index contributed by atoms with van der Waals surface area (Å²) >= 11 is 0. The molecule has 0 aromatic rings. The number of hydrogen-bond donors (Lipinski definition) is 1. The summed E-state index contributed by atoms with van der Waals surface area (Å²) in [6.45, 7) is 1.58. The third-order valence-corrected chi connectivity index (χ3v) is 2.54. The van der Waals surface area contributed by atoms with E-state index in [0.29, 0.717) is 11.8 Å². The molecule has 2 bridgehead atoms. The van der Waals surface area contributed by atoms with Crippen LogP contribution in [0.4, 0.5) is 0 Å². The van der Waals surface area contributed by atoms with E-state index in [1.54, 1.807) is 0 Å². The first kappa shape index (κ1) is 5.69. The van der Waals surface area contributed by atoms with E-state index in [1.165, 1.54) is 12.8 Å². The van der Waals surface area contributed by atoms with Gasteiger partial charge in [0.1, 0.15) is 0 Å². The largest absolute Gasteiger partial charge is 0.392 e. The average molecular weight is 128 g/mol. The Morgan fingerprint density at radius 2 is 1.67 bits per heavy atom. The van der Waals surface area contributed by atoms with Gasteiger partial charge in [-0.25, -0.2) is 0 Å². The summed E-state index contributed by atoms with van der Waals surface area (Å²) in [4.78, 5) is 0. The van der Waals surface area contributed by atoms with E-state index < -0.39 is 0 Å². The maximum absolute atomic E-state index is 9.43. The molecule has 2 unspecified atom stereocenters. The third-order valence-electron chi connectivity index (χ3n) is 2.54. The lowest BCUT2D eigenvalue weighted by Crippen LogP contribution is -2.32. The Morgan fingerprint density at radius 1 is 1.11 bits per heavy atom. The van der Waals surface area contributed by atoms with Gasteiger partial charge in [-0.1, -0.05) is 0 Å². The van der Waals surface area contributed by atoms with E-state index in [4.69, 9.17) is 4.74 Å². The Bertz CT molecular complexity index is 97.5. The molecule has 0 amide bonds. The summed E-state index contributed by atoms with van der Waals surface area (Å²) in [5.41, 5.74) is 0. The quantitative estimate of drug-likeness (QED) is 0.512. The maximum Gasteiger partial charge on any atom is 0.0640 e. The highest BCUT2D eigenvalue weighted by Crippen LogP contribution is 2.35. The highest BCUT2D eigenvalue weighted by atomic mass is 16.5. The molecule has 2 heteroatoms. The molecule has 0 radical (unpaired) electrons. The molecule has 2 rings (SSSR count). The highest BCUT2D eigenvalue weighted by molar-refractivity contribution is 4.87. The van der Waals surface area contributed by atoms with Crippen LogP contribution in [0.25, 0.3) is 0 Å². The topological polar surface area (TPSA) is 29.5 Å². The van der Waals surface area contributed by atoms with Crippen molar-refractivity contribution in [1.29, 1.82) is 0 Å². The van der Waals surface area contributed by atoms with Crippen LogP contribution in [-0.4, -0.2) is 24.4 Å². The van der Waals surface area contributed by atoms with E-state index in [0.717, 1.165) is 13.2 Å². The molecule has 9 heavy (non-hydrogen) atoms. The van der Waals surface area contributed by atoms with Crippen LogP contribution in [0.1, 0.15) is 12.8 Å². The van der Waals surface area contributed by atoms with Crippen LogP contribution < -0.4 is 0 Å². The van der Waals surface area contributed by atoms with Gasteiger partial charge in [0, 0.05) is 11.8 Å². The number of fused-ring (bicyclic) bond motifs is 2. The fraction of sp³-hybridized carbons (Fsp3) is 1.00. The second-order valence-electron chi connectivity index (χ2n) is 3.13. The number of ether oxygens (including phenoxy) is 1. The molecule has 0 aromatic heterocycles. The van der Waals surface area contributed by atoms with Crippen molar-refractivity contribution in [2.45, 2.75) is 18.9 Å². The van der Waals surface area contributed by atoms with Crippen molar-refractivity contribution < 1.29 is 9.84 Å². The van der Waals surface area contributed by atoms with Crippen molar-refractivity contribution in [1.82, 2.24) is 0 Å². The SMILES string of the molecule is OC1C2CCC1COC2. The van der Waals surface area contributed by atoms with Gasteiger partial charge in [-0.15, -0.1) is 0 Å². The molecule has 52 valence electrons. The summed E-state index contributed by atoms with van der Waals surface area (Å²) in [6, 6.07) is 0. The summed E-state index contributed by atoms with van der Waals surface area (Å²) in [6.07, 6.45) is 2.30. The van der Waals surface area contributed by atoms with Crippen LogP contribution in [-0.2, 0) is 4.74 Å². The smallest absolute Gasteiger partial charge is 0.0640 e. The average Bonchev–Trinajstić information content (AvgIpc) is 2.19. The predicted octanol–water partition coefficient (Wildman–Crippen LogP) is 0.404. The minimum atomic E-state index is -0.0428. The van der Waals surface area contributed by atoms with E-state index in [-0.39, 0.29) is 6.10 Å². The molecule has 0 aromatic carbocycles. The fourth-order valence-corrected chi connectivity index (χ4v) is 1.89. The highest BCUT2D eigenvalue weighted by Gasteiger charge is 2.38. The number of aliphatic hydroxyl groups is 1. The van der Waals surface area contributed by atoms with Gasteiger partial charge in [-0.2, -0.15) is 0 Å². The summed E-state index contributed by atoms with van der Waals surface area (Å²) in [7, 11) is 0. The molecule has 0 spiro atoms. The third kappa shape index (κ3) is 0.775. The first-order valence-corrected chi connectivity index (χ1v) is 3.64. The van der Waals surface area contributed by atoms with Crippen LogP contribution in [0.15, 0.2) is 0 Å². The molecule has 2 fully saturated rings. The van der Waals surface area contributed by atoms with Crippen molar-refractivity contribution in [3.63, 3.8) is 0 Å². The maximum atomic E-state index is 9.43. The Balaban J connectivity index is 2.10. The number of hydrogen-bond acceptors (Lipinski definition) is 2. The van der Waals surface area contributed by atoms with Crippen LogP contribution in [0.2, 0.25) is 0 Å². The first-order chi connectivity index (χ1) is 4.38. The van der Waals surface area contributed by atoms with Crippen molar-refractivity contribution in [3.05, 3.63) is 0 Å². The molecular weight excluding hydrogens is 116 g/mol. The molecule has 2 aliphatic rings. The van der Waals surface area contributed by atoms with Crippen LogP contribution in [0, 0.1) is 11.8 Å². The van der Waals surface area contributed by atoms with Crippen molar-refractivity contribution in [3.8, 4) is 0 Å². The lowest BCUT2D eigenvalue weighted by Gasteiger charge is -2.25. The second-order valence-corrected chi connectivity index (χ2v) is 3.13.